The van der Waals surface area contributed by atoms with Crippen LogP contribution >= 0.6 is 0 Å². The Hall–Kier alpha value is -3.55. The van der Waals surface area contributed by atoms with Gasteiger partial charge < -0.3 is 24.8 Å². The number of ether oxygens (including phenoxy) is 3. The molecule has 148 valence electrons. The molecule has 2 aromatic rings. The minimum atomic E-state index is -0.692. The SMILES string of the molecule is CNC(=O)CNC(=O)COC(=O)c1ccc(OCc2ccccc2)c(OC)c1. The summed E-state index contributed by atoms with van der Waals surface area (Å²) in [7, 11) is 2.92. The maximum absolute atomic E-state index is 12.1. The summed E-state index contributed by atoms with van der Waals surface area (Å²) in [6.07, 6.45) is 0. The van der Waals surface area contributed by atoms with Crippen LogP contribution in [0.2, 0.25) is 0 Å². The zero-order valence-corrected chi connectivity index (χ0v) is 15.7. The lowest BCUT2D eigenvalue weighted by Crippen LogP contribution is -2.37. The highest BCUT2D eigenvalue weighted by molar-refractivity contribution is 5.92. The van der Waals surface area contributed by atoms with Gasteiger partial charge in [-0.25, -0.2) is 4.79 Å². The Morgan fingerprint density at radius 1 is 0.964 bits per heavy atom. The Balaban J connectivity index is 1.91. The molecule has 0 heterocycles. The monoisotopic (exact) mass is 386 g/mol. The first-order valence-corrected chi connectivity index (χ1v) is 8.52. The summed E-state index contributed by atoms with van der Waals surface area (Å²) in [5, 5.41) is 4.69. The highest BCUT2D eigenvalue weighted by Gasteiger charge is 2.14. The van der Waals surface area contributed by atoms with Crippen molar-refractivity contribution in [2.45, 2.75) is 6.61 Å². The number of rotatable bonds is 9. The summed E-state index contributed by atoms with van der Waals surface area (Å²) in [6, 6.07) is 14.2. The fraction of sp³-hybridized carbons (Fsp3) is 0.250. The van der Waals surface area contributed by atoms with Crippen LogP contribution in [-0.4, -0.2) is 45.1 Å². The van der Waals surface area contributed by atoms with E-state index in [1.807, 2.05) is 30.3 Å². The lowest BCUT2D eigenvalue weighted by atomic mass is 10.2. The molecule has 0 radical (unpaired) electrons. The van der Waals surface area contributed by atoms with Gasteiger partial charge in [0.15, 0.2) is 18.1 Å². The van der Waals surface area contributed by atoms with E-state index in [0.717, 1.165) is 5.56 Å². The normalized spacial score (nSPS) is 9.93. The number of methoxy groups -OCH3 is 1. The highest BCUT2D eigenvalue weighted by Crippen LogP contribution is 2.29. The number of carbonyl (C=O) groups excluding carboxylic acids is 3. The van der Waals surface area contributed by atoms with Crippen LogP contribution in [0.3, 0.4) is 0 Å². The molecule has 0 unspecified atom stereocenters. The van der Waals surface area contributed by atoms with Gasteiger partial charge in [-0.1, -0.05) is 30.3 Å². The summed E-state index contributed by atoms with van der Waals surface area (Å²) >= 11 is 0. The average molecular weight is 386 g/mol. The molecule has 0 fully saturated rings. The molecule has 2 amide bonds. The van der Waals surface area contributed by atoms with Gasteiger partial charge >= 0.3 is 5.97 Å². The molecule has 28 heavy (non-hydrogen) atoms. The number of esters is 1. The summed E-state index contributed by atoms with van der Waals surface area (Å²) in [5.41, 5.74) is 1.21. The van der Waals surface area contributed by atoms with Crippen molar-refractivity contribution >= 4 is 17.8 Å². The van der Waals surface area contributed by atoms with Gasteiger partial charge in [-0.15, -0.1) is 0 Å². The maximum atomic E-state index is 12.1. The Kier molecular flexibility index (Phi) is 7.83. The van der Waals surface area contributed by atoms with Crippen molar-refractivity contribution in [1.29, 1.82) is 0 Å². The van der Waals surface area contributed by atoms with E-state index in [9.17, 15) is 14.4 Å². The molecular weight excluding hydrogens is 364 g/mol. The first-order valence-electron chi connectivity index (χ1n) is 8.52. The third-order valence-electron chi connectivity index (χ3n) is 3.70. The van der Waals surface area contributed by atoms with Crippen LogP contribution in [0.1, 0.15) is 15.9 Å². The van der Waals surface area contributed by atoms with Crippen LogP contribution in [-0.2, 0) is 20.9 Å². The number of benzene rings is 2. The number of carbonyl (C=O) groups is 3. The van der Waals surface area contributed by atoms with E-state index in [0.29, 0.717) is 18.1 Å². The molecule has 0 aliphatic heterocycles. The van der Waals surface area contributed by atoms with E-state index in [1.165, 1.54) is 26.3 Å². The molecule has 0 bridgehead atoms. The number of hydrogen-bond acceptors (Lipinski definition) is 6. The van der Waals surface area contributed by atoms with Crippen LogP contribution in [0.15, 0.2) is 48.5 Å². The van der Waals surface area contributed by atoms with Crippen molar-refractivity contribution in [3.8, 4) is 11.5 Å². The van der Waals surface area contributed by atoms with Gasteiger partial charge in [0, 0.05) is 7.05 Å². The van der Waals surface area contributed by atoms with E-state index >= 15 is 0 Å². The smallest absolute Gasteiger partial charge is 0.338 e. The second kappa shape index (κ2) is 10.6. The van der Waals surface area contributed by atoms with Crippen LogP contribution in [0.25, 0.3) is 0 Å². The van der Waals surface area contributed by atoms with Gasteiger partial charge in [0.2, 0.25) is 5.91 Å². The topological polar surface area (TPSA) is 103 Å². The number of nitrogens with one attached hydrogen (secondary N) is 2. The highest BCUT2D eigenvalue weighted by atomic mass is 16.5. The van der Waals surface area contributed by atoms with Crippen LogP contribution in [0.4, 0.5) is 0 Å². The van der Waals surface area contributed by atoms with E-state index in [1.54, 1.807) is 6.07 Å². The van der Waals surface area contributed by atoms with E-state index in [-0.39, 0.29) is 18.0 Å². The minimum absolute atomic E-state index is 0.186. The van der Waals surface area contributed by atoms with Gasteiger partial charge in [-0.2, -0.15) is 0 Å². The minimum Gasteiger partial charge on any atom is -0.493 e. The molecule has 0 aliphatic rings. The summed E-state index contributed by atoms with van der Waals surface area (Å²) in [4.78, 5) is 34.8. The first kappa shape index (κ1) is 20.8. The lowest BCUT2D eigenvalue weighted by molar-refractivity contribution is -0.127. The van der Waals surface area contributed by atoms with Gasteiger partial charge in [-0.05, 0) is 23.8 Å². The predicted molar refractivity (Wildman–Crippen MR) is 101 cm³/mol. The molecule has 0 atom stereocenters. The summed E-state index contributed by atoms with van der Waals surface area (Å²) in [6.45, 7) is -0.328. The van der Waals surface area contributed by atoms with Crippen molar-refractivity contribution < 1.29 is 28.6 Å². The second-order valence-electron chi connectivity index (χ2n) is 5.67. The third-order valence-corrected chi connectivity index (χ3v) is 3.70. The quantitative estimate of drug-likeness (QED) is 0.630. The van der Waals surface area contributed by atoms with Crippen molar-refractivity contribution in [3.63, 3.8) is 0 Å². The molecule has 8 nitrogen and oxygen atoms in total. The Morgan fingerprint density at radius 2 is 1.71 bits per heavy atom. The largest absolute Gasteiger partial charge is 0.493 e. The summed E-state index contributed by atoms with van der Waals surface area (Å²) < 4.78 is 15.9. The molecule has 0 aromatic heterocycles. The van der Waals surface area contributed by atoms with Gasteiger partial charge in [0.25, 0.3) is 5.91 Å². The fourth-order valence-electron chi connectivity index (χ4n) is 2.18. The lowest BCUT2D eigenvalue weighted by Gasteiger charge is -2.12. The molecule has 0 saturated carbocycles. The van der Waals surface area contributed by atoms with E-state index in [4.69, 9.17) is 14.2 Å². The van der Waals surface area contributed by atoms with Crippen molar-refractivity contribution in [2.75, 3.05) is 27.3 Å². The molecular formula is C20H22N2O6. The number of likely N-dealkylation sites (N-methyl/N-ethyl adjacent to an activating group) is 1. The fourth-order valence-corrected chi connectivity index (χ4v) is 2.18. The van der Waals surface area contributed by atoms with Gasteiger partial charge in [0.05, 0.1) is 19.2 Å². The van der Waals surface area contributed by atoms with Crippen molar-refractivity contribution in [3.05, 3.63) is 59.7 Å². The summed E-state index contributed by atoms with van der Waals surface area (Å²) in [5.74, 6) is -0.772. The number of hydrogen-bond donors (Lipinski definition) is 2. The van der Waals surface area contributed by atoms with E-state index in [2.05, 4.69) is 10.6 Å². The standard InChI is InChI=1S/C20H22N2O6/c1-21-18(23)11-22-19(24)13-28-20(25)15-8-9-16(17(10-15)26-2)27-12-14-6-4-3-5-7-14/h3-10H,11-13H2,1-2H3,(H,21,23)(H,22,24). The van der Waals surface area contributed by atoms with Crippen LogP contribution in [0.5, 0.6) is 11.5 Å². The first-order chi connectivity index (χ1) is 13.5. The van der Waals surface area contributed by atoms with E-state index < -0.39 is 18.5 Å². The molecule has 0 saturated heterocycles. The van der Waals surface area contributed by atoms with Crippen LogP contribution < -0.4 is 20.1 Å². The third kappa shape index (κ3) is 6.31. The van der Waals surface area contributed by atoms with Gasteiger partial charge in [-0.3, -0.25) is 9.59 Å². The maximum Gasteiger partial charge on any atom is 0.338 e. The molecule has 8 heteroatoms. The molecule has 0 spiro atoms. The van der Waals surface area contributed by atoms with Crippen molar-refractivity contribution in [1.82, 2.24) is 10.6 Å². The molecule has 0 aliphatic carbocycles. The zero-order valence-electron chi connectivity index (χ0n) is 15.7. The predicted octanol–water partition coefficient (Wildman–Crippen LogP) is 1.29. The molecule has 2 aromatic carbocycles. The number of amides is 2. The Labute approximate surface area is 162 Å². The average Bonchev–Trinajstić information content (AvgIpc) is 2.74. The molecule has 2 rings (SSSR count). The van der Waals surface area contributed by atoms with Crippen molar-refractivity contribution in [2.24, 2.45) is 0 Å². The second-order valence-corrected chi connectivity index (χ2v) is 5.67. The zero-order chi connectivity index (χ0) is 20.4. The van der Waals surface area contributed by atoms with Crippen LogP contribution in [0, 0.1) is 0 Å². The molecule has 2 N–H and O–H groups in total. The Morgan fingerprint density at radius 3 is 2.39 bits per heavy atom. The van der Waals surface area contributed by atoms with Gasteiger partial charge in [0.1, 0.15) is 6.61 Å². The Bertz CT molecular complexity index is 823.